The third-order valence-electron chi connectivity index (χ3n) is 2.66. The molecular weight excluding hydrogens is 302 g/mol. The lowest BCUT2D eigenvalue weighted by Gasteiger charge is -2.14. The topological polar surface area (TPSA) is 97.4 Å². The fraction of sp³-hybridized carbons (Fsp3) is 0.182. The number of hydroxylamine groups is 1. The predicted molar refractivity (Wildman–Crippen MR) is 69.7 cm³/mol. The van der Waals surface area contributed by atoms with Crippen LogP contribution in [0.1, 0.15) is 11.6 Å². The molecule has 0 aliphatic carbocycles. The molecule has 0 aliphatic heterocycles. The van der Waals surface area contributed by atoms with Crippen molar-refractivity contribution in [3.05, 3.63) is 34.4 Å². The number of hydrogen-bond acceptors (Lipinski definition) is 3. The molecule has 18 heavy (non-hydrogen) atoms. The van der Waals surface area contributed by atoms with Crippen molar-refractivity contribution in [2.24, 2.45) is 0 Å². The van der Waals surface area contributed by atoms with E-state index in [1.807, 2.05) is 18.2 Å². The van der Waals surface area contributed by atoms with Gasteiger partial charge in [0.1, 0.15) is 0 Å². The van der Waals surface area contributed by atoms with Gasteiger partial charge in [-0.3, -0.25) is 0 Å². The van der Waals surface area contributed by atoms with Gasteiger partial charge in [0.2, 0.25) is 0 Å². The Morgan fingerprint density at radius 1 is 1.50 bits per heavy atom. The molecular formula is C11H12BrN3O3. The van der Waals surface area contributed by atoms with E-state index in [1.54, 1.807) is 6.20 Å². The summed E-state index contributed by atoms with van der Waals surface area (Å²) in [5.41, 5.74) is 3.82. The summed E-state index contributed by atoms with van der Waals surface area (Å²) in [4.78, 5) is 13.5. The number of nitrogens with one attached hydrogen (secondary N) is 3. The van der Waals surface area contributed by atoms with Crippen molar-refractivity contribution in [3.63, 3.8) is 0 Å². The van der Waals surface area contributed by atoms with Gasteiger partial charge in [-0.1, -0.05) is 22.0 Å². The Labute approximate surface area is 111 Å². The number of halogens is 1. The van der Waals surface area contributed by atoms with E-state index >= 15 is 0 Å². The minimum absolute atomic E-state index is 0.0782. The molecule has 7 heteroatoms. The van der Waals surface area contributed by atoms with E-state index in [1.165, 1.54) is 0 Å². The number of aromatic nitrogens is 1. The van der Waals surface area contributed by atoms with Crippen LogP contribution in [0.4, 0.5) is 4.79 Å². The molecule has 1 unspecified atom stereocenters. The van der Waals surface area contributed by atoms with E-state index in [4.69, 9.17) is 10.3 Å². The molecule has 1 amide bonds. The van der Waals surface area contributed by atoms with E-state index in [2.05, 4.69) is 31.7 Å². The zero-order valence-electron chi connectivity index (χ0n) is 9.27. The third-order valence-corrected chi connectivity index (χ3v) is 3.16. The standard InChI is InChI=1S/C11H12BrN3O3/c12-6-1-2-7-8(4-13-9(7)3-6)10(15-18)5-14-11(16)17/h1-4,10,13-15,18H,5H2,(H,16,17). The van der Waals surface area contributed by atoms with Crippen molar-refractivity contribution < 1.29 is 15.1 Å². The van der Waals surface area contributed by atoms with Crippen LogP contribution in [0.3, 0.4) is 0 Å². The SMILES string of the molecule is O=C(O)NCC(NO)c1c[nH]c2cc(Br)ccc12. The minimum Gasteiger partial charge on any atom is -0.465 e. The first-order valence-corrected chi connectivity index (χ1v) is 6.04. The molecule has 0 bridgehead atoms. The molecule has 0 fully saturated rings. The van der Waals surface area contributed by atoms with E-state index in [-0.39, 0.29) is 6.54 Å². The number of rotatable bonds is 4. The minimum atomic E-state index is -1.13. The number of carboxylic acid groups (broad SMARTS) is 1. The lowest BCUT2D eigenvalue weighted by molar-refractivity contribution is 0.124. The molecule has 5 N–H and O–H groups in total. The number of amides is 1. The number of H-pyrrole nitrogens is 1. The van der Waals surface area contributed by atoms with Gasteiger partial charge in [0.15, 0.2) is 0 Å². The summed E-state index contributed by atoms with van der Waals surface area (Å²) >= 11 is 3.37. The molecule has 2 rings (SSSR count). The summed E-state index contributed by atoms with van der Waals surface area (Å²) in [5, 5.41) is 20.8. The normalized spacial score (nSPS) is 12.6. The van der Waals surface area contributed by atoms with Crippen LogP contribution in [0.2, 0.25) is 0 Å². The first-order chi connectivity index (χ1) is 8.61. The second-order valence-corrected chi connectivity index (χ2v) is 4.72. The highest BCUT2D eigenvalue weighted by molar-refractivity contribution is 9.10. The quantitative estimate of drug-likeness (QED) is 0.559. The maximum atomic E-state index is 10.5. The van der Waals surface area contributed by atoms with Crippen molar-refractivity contribution in [2.75, 3.05) is 6.54 Å². The van der Waals surface area contributed by atoms with Crippen LogP contribution in [-0.4, -0.2) is 27.9 Å². The van der Waals surface area contributed by atoms with Crippen LogP contribution in [0.5, 0.6) is 0 Å². The summed E-state index contributed by atoms with van der Waals surface area (Å²) in [6.07, 6.45) is 0.618. The summed E-state index contributed by atoms with van der Waals surface area (Å²) < 4.78 is 0.945. The van der Waals surface area contributed by atoms with Gasteiger partial charge in [-0.05, 0) is 17.7 Å². The van der Waals surface area contributed by atoms with Crippen LogP contribution in [0.15, 0.2) is 28.9 Å². The first-order valence-electron chi connectivity index (χ1n) is 5.24. The Bertz CT molecular complexity index is 570. The Balaban J connectivity index is 2.30. The molecule has 0 aliphatic rings. The fourth-order valence-electron chi connectivity index (χ4n) is 1.82. The lowest BCUT2D eigenvalue weighted by Crippen LogP contribution is -2.32. The van der Waals surface area contributed by atoms with E-state index in [0.717, 1.165) is 20.9 Å². The van der Waals surface area contributed by atoms with E-state index < -0.39 is 12.1 Å². The Hall–Kier alpha value is -1.57. The second kappa shape index (κ2) is 5.38. The lowest BCUT2D eigenvalue weighted by atomic mass is 10.1. The molecule has 2 aromatic rings. The van der Waals surface area contributed by atoms with Gasteiger partial charge >= 0.3 is 6.09 Å². The van der Waals surface area contributed by atoms with Gasteiger partial charge in [-0.15, -0.1) is 0 Å². The van der Waals surface area contributed by atoms with Gasteiger partial charge in [0.05, 0.1) is 6.04 Å². The third kappa shape index (κ3) is 2.63. The molecule has 0 saturated carbocycles. The highest BCUT2D eigenvalue weighted by Gasteiger charge is 2.15. The maximum absolute atomic E-state index is 10.5. The van der Waals surface area contributed by atoms with Crippen LogP contribution >= 0.6 is 15.9 Å². The number of hydrogen-bond donors (Lipinski definition) is 5. The Morgan fingerprint density at radius 2 is 2.28 bits per heavy atom. The molecule has 0 saturated heterocycles. The zero-order valence-corrected chi connectivity index (χ0v) is 10.9. The average Bonchev–Trinajstić information content (AvgIpc) is 2.73. The predicted octanol–water partition coefficient (Wildman–Crippen LogP) is 2.22. The van der Waals surface area contributed by atoms with E-state index in [9.17, 15) is 4.79 Å². The molecule has 0 radical (unpaired) electrons. The van der Waals surface area contributed by atoms with E-state index in [0.29, 0.717) is 0 Å². The molecule has 96 valence electrons. The number of carbonyl (C=O) groups is 1. The van der Waals surface area contributed by atoms with Crippen LogP contribution in [0.25, 0.3) is 10.9 Å². The first kappa shape index (κ1) is 12.9. The van der Waals surface area contributed by atoms with Crippen LogP contribution in [-0.2, 0) is 0 Å². The number of aromatic amines is 1. The highest BCUT2D eigenvalue weighted by Crippen LogP contribution is 2.26. The smallest absolute Gasteiger partial charge is 0.404 e. The van der Waals surface area contributed by atoms with Crippen molar-refractivity contribution in [1.82, 2.24) is 15.8 Å². The fourth-order valence-corrected chi connectivity index (χ4v) is 2.18. The van der Waals surface area contributed by atoms with Crippen molar-refractivity contribution in [2.45, 2.75) is 6.04 Å². The number of benzene rings is 1. The zero-order chi connectivity index (χ0) is 13.1. The monoisotopic (exact) mass is 313 g/mol. The molecule has 0 spiro atoms. The molecule has 1 aromatic heterocycles. The largest absolute Gasteiger partial charge is 0.465 e. The van der Waals surface area contributed by atoms with Gasteiger partial charge in [0.25, 0.3) is 0 Å². The van der Waals surface area contributed by atoms with Gasteiger partial charge in [0, 0.05) is 28.1 Å². The summed E-state index contributed by atoms with van der Waals surface area (Å²) in [6, 6.07) is 5.20. The van der Waals surface area contributed by atoms with Gasteiger partial charge in [-0.2, -0.15) is 5.48 Å². The Kier molecular flexibility index (Phi) is 3.85. The van der Waals surface area contributed by atoms with Crippen molar-refractivity contribution in [3.8, 4) is 0 Å². The molecule has 6 nitrogen and oxygen atoms in total. The number of fused-ring (bicyclic) bond motifs is 1. The van der Waals surface area contributed by atoms with Crippen molar-refractivity contribution in [1.29, 1.82) is 0 Å². The second-order valence-electron chi connectivity index (χ2n) is 3.80. The maximum Gasteiger partial charge on any atom is 0.404 e. The molecule has 1 heterocycles. The average molecular weight is 314 g/mol. The van der Waals surface area contributed by atoms with Crippen LogP contribution in [0, 0.1) is 0 Å². The summed E-state index contributed by atoms with van der Waals surface area (Å²) in [7, 11) is 0. The molecule has 1 aromatic carbocycles. The van der Waals surface area contributed by atoms with Gasteiger partial charge < -0.3 is 20.6 Å². The summed E-state index contributed by atoms with van der Waals surface area (Å²) in [6.45, 7) is 0.0782. The Morgan fingerprint density at radius 3 is 2.94 bits per heavy atom. The summed E-state index contributed by atoms with van der Waals surface area (Å²) in [5.74, 6) is 0. The van der Waals surface area contributed by atoms with Gasteiger partial charge in [-0.25, -0.2) is 4.79 Å². The molecule has 1 atom stereocenters. The highest BCUT2D eigenvalue weighted by atomic mass is 79.9. The van der Waals surface area contributed by atoms with Crippen molar-refractivity contribution >= 4 is 32.9 Å². The van der Waals surface area contributed by atoms with Crippen LogP contribution < -0.4 is 10.8 Å².